The van der Waals surface area contributed by atoms with E-state index in [2.05, 4.69) is 20.8 Å². The fraction of sp³-hybridized carbons (Fsp3) is 0.0556. The van der Waals surface area contributed by atoms with Gasteiger partial charge in [-0.25, -0.2) is 0 Å². The van der Waals surface area contributed by atoms with Crippen molar-refractivity contribution in [2.24, 2.45) is 0 Å². The van der Waals surface area contributed by atoms with Crippen molar-refractivity contribution in [3.63, 3.8) is 0 Å². The second-order valence-corrected chi connectivity index (χ2v) is 5.89. The number of ether oxygens (including phenoxy) is 2. The highest BCUT2D eigenvalue weighted by molar-refractivity contribution is 6.30. The van der Waals surface area contributed by atoms with E-state index in [4.69, 9.17) is 21.1 Å². The molecule has 130 valence electrons. The van der Waals surface area contributed by atoms with Crippen LogP contribution in [0.25, 0.3) is 0 Å². The van der Waals surface area contributed by atoms with Crippen LogP contribution >= 0.6 is 11.6 Å². The van der Waals surface area contributed by atoms with Crippen molar-refractivity contribution in [3.05, 3.63) is 65.2 Å². The Morgan fingerprint density at radius 1 is 0.923 bits per heavy atom. The Kier molecular flexibility index (Phi) is 4.28. The summed E-state index contributed by atoms with van der Waals surface area (Å²) in [5, 5.41) is 14.5. The quantitative estimate of drug-likeness (QED) is 0.727. The molecule has 0 bridgehead atoms. The molecule has 1 aliphatic rings. The van der Waals surface area contributed by atoms with Crippen LogP contribution in [0.1, 0.15) is 10.4 Å². The van der Waals surface area contributed by atoms with E-state index in [1.807, 2.05) is 12.1 Å². The van der Waals surface area contributed by atoms with Crippen LogP contribution in [0.2, 0.25) is 5.02 Å². The molecule has 1 aromatic heterocycles. The molecular formula is C18H13ClN4O3. The molecule has 0 radical (unpaired) electrons. The number of carbonyl (C=O) groups is 1. The highest BCUT2D eigenvalue weighted by atomic mass is 35.5. The van der Waals surface area contributed by atoms with Crippen LogP contribution < -0.4 is 20.1 Å². The van der Waals surface area contributed by atoms with Gasteiger partial charge < -0.3 is 20.1 Å². The van der Waals surface area contributed by atoms with Gasteiger partial charge in [0.15, 0.2) is 23.1 Å². The number of aromatic nitrogens is 2. The number of fused-ring (bicyclic) bond motifs is 1. The highest BCUT2D eigenvalue weighted by Crippen LogP contribution is 2.32. The summed E-state index contributed by atoms with van der Waals surface area (Å²) in [7, 11) is 0. The standard InChI is InChI=1S/C18H13ClN4O3/c19-12-2-4-13(5-3-12)20-16-7-8-17(23-22-16)21-18(24)11-1-6-14-15(9-11)26-10-25-14/h1-9H,10H2,(H,20,22)(H,21,23,24). The maximum atomic E-state index is 12.3. The number of anilines is 3. The van der Waals surface area contributed by atoms with E-state index >= 15 is 0 Å². The number of hydrogen-bond acceptors (Lipinski definition) is 6. The van der Waals surface area contributed by atoms with Crippen LogP contribution in [0, 0.1) is 0 Å². The minimum Gasteiger partial charge on any atom is -0.454 e. The van der Waals surface area contributed by atoms with Crippen LogP contribution in [0.5, 0.6) is 11.5 Å². The topological polar surface area (TPSA) is 85.4 Å². The van der Waals surface area contributed by atoms with Gasteiger partial charge in [0.2, 0.25) is 6.79 Å². The Morgan fingerprint density at radius 3 is 2.42 bits per heavy atom. The number of carbonyl (C=O) groups excluding carboxylic acids is 1. The summed E-state index contributed by atoms with van der Waals surface area (Å²) < 4.78 is 10.5. The fourth-order valence-electron chi connectivity index (χ4n) is 2.37. The van der Waals surface area contributed by atoms with Gasteiger partial charge in [0.1, 0.15) is 0 Å². The lowest BCUT2D eigenvalue weighted by molar-refractivity contribution is 0.102. The van der Waals surface area contributed by atoms with Crippen molar-refractivity contribution in [1.82, 2.24) is 10.2 Å². The van der Waals surface area contributed by atoms with Crippen molar-refractivity contribution in [3.8, 4) is 11.5 Å². The number of nitrogens with zero attached hydrogens (tertiary/aromatic N) is 2. The van der Waals surface area contributed by atoms with Crippen molar-refractivity contribution >= 4 is 34.8 Å². The van der Waals surface area contributed by atoms with E-state index < -0.39 is 0 Å². The zero-order valence-corrected chi connectivity index (χ0v) is 14.2. The molecule has 0 saturated carbocycles. The Bertz CT molecular complexity index is 946. The molecule has 7 nitrogen and oxygen atoms in total. The van der Waals surface area contributed by atoms with Crippen LogP contribution in [-0.2, 0) is 0 Å². The zero-order valence-electron chi connectivity index (χ0n) is 13.4. The lowest BCUT2D eigenvalue weighted by atomic mass is 10.2. The minimum atomic E-state index is -0.309. The lowest BCUT2D eigenvalue weighted by Gasteiger charge is -2.07. The predicted octanol–water partition coefficient (Wildman–Crippen LogP) is 3.85. The summed E-state index contributed by atoms with van der Waals surface area (Å²) in [5.41, 5.74) is 1.28. The number of hydrogen-bond donors (Lipinski definition) is 2. The lowest BCUT2D eigenvalue weighted by Crippen LogP contribution is -2.13. The third-order valence-corrected chi connectivity index (χ3v) is 3.91. The smallest absolute Gasteiger partial charge is 0.257 e. The molecule has 0 spiro atoms. The van der Waals surface area contributed by atoms with Gasteiger partial charge in [-0.05, 0) is 54.6 Å². The Labute approximate surface area is 153 Å². The Hall–Kier alpha value is -3.32. The molecule has 0 atom stereocenters. The van der Waals surface area contributed by atoms with Crippen molar-refractivity contribution < 1.29 is 14.3 Å². The molecule has 0 fully saturated rings. The third kappa shape index (κ3) is 3.52. The SMILES string of the molecule is O=C(Nc1ccc(Nc2ccc(Cl)cc2)nn1)c1ccc2c(c1)OCO2. The van der Waals surface area contributed by atoms with Gasteiger partial charge in [-0.15, -0.1) is 10.2 Å². The maximum Gasteiger partial charge on any atom is 0.257 e. The van der Waals surface area contributed by atoms with Gasteiger partial charge in [-0.3, -0.25) is 4.79 Å². The van der Waals surface area contributed by atoms with E-state index in [0.717, 1.165) is 5.69 Å². The average molecular weight is 369 g/mol. The summed E-state index contributed by atoms with van der Waals surface area (Å²) in [6.45, 7) is 0.161. The number of rotatable bonds is 4. The van der Waals surface area contributed by atoms with E-state index in [0.29, 0.717) is 33.7 Å². The number of benzene rings is 2. The van der Waals surface area contributed by atoms with Crippen molar-refractivity contribution in [2.75, 3.05) is 17.4 Å². The van der Waals surface area contributed by atoms with E-state index in [1.165, 1.54) is 0 Å². The first-order valence-corrected chi connectivity index (χ1v) is 8.12. The van der Waals surface area contributed by atoms with Gasteiger partial charge in [-0.1, -0.05) is 11.6 Å². The van der Waals surface area contributed by atoms with Crippen LogP contribution in [-0.4, -0.2) is 22.9 Å². The van der Waals surface area contributed by atoms with Crippen LogP contribution in [0.4, 0.5) is 17.3 Å². The summed E-state index contributed by atoms with van der Waals surface area (Å²) in [5.74, 6) is 1.75. The van der Waals surface area contributed by atoms with Crippen LogP contribution in [0.3, 0.4) is 0 Å². The molecule has 0 unspecified atom stereocenters. The Morgan fingerprint density at radius 2 is 1.65 bits per heavy atom. The van der Waals surface area contributed by atoms with Gasteiger partial charge in [0.25, 0.3) is 5.91 Å². The monoisotopic (exact) mass is 368 g/mol. The Balaban J connectivity index is 1.42. The first-order chi connectivity index (χ1) is 12.7. The average Bonchev–Trinajstić information content (AvgIpc) is 3.13. The molecule has 0 aliphatic carbocycles. The summed E-state index contributed by atoms with van der Waals surface area (Å²) in [6, 6.07) is 15.6. The highest BCUT2D eigenvalue weighted by Gasteiger charge is 2.16. The predicted molar refractivity (Wildman–Crippen MR) is 97.3 cm³/mol. The van der Waals surface area contributed by atoms with Crippen molar-refractivity contribution in [2.45, 2.75) is 0 Å². The van der Waals surface area contributed by atoms with Crippen molar-refractivity contribution in [1.29, 1.82) is 0 Å². The first-order valence-electron chi connectivity index (χ1n) is 7.75. The molecule has 2 heterocycles. The molecule has 4 rings (SSSR count). The summed E-state index contributed by atoms with van der Waals surface area (Å²) >= 11 is 5.85. The van der Waals surface area contributed by atoms with E-state index in [1.54, 1.807) is 42.5 Å². The molecule has 1 amide bonds. The van der Waals surface area contributed by atoms with Gasteiger partial charge in [0.05, 0.1) is 0 Å². The van der Waals surface area contributed by atoms with Gasteiger partial charge >= 0.3 is 0 Å². The molecule has 26 heavy (non-hydrogen) atoms. The normalized spacial score (nSPS) is 11.9. The first kappa shape index (κ1) is 16.2. The molecule has 8 heteroatoms. The molecular weight excluding hydrogens is 356 g/mol. The number of halogens is 1. The van der Waals surface area contributed by atoms with Gasteiger partial charge in [-0.2, -0.15) is 0 Å². The molecule has 3 aromatic rings. The molecule has 1 aliphatic heterocycles. The molecule has 2 N–H and O–H groups in total. The number of amides is 1. The minimum absolute atomic E-state index is 0.161. The van der Waals surface area contributed by atoms with E-state index in [-0.39, 0.29) is 12.7 Å². The number of nitrogens with one attached hydrogen (secondary N) is 2. The van der Waals surface area contributed by atoms with Gasteiger partial charge in [0, 0.05) is 16.3 Å². The maximum absolute atomic E-state index is 12.3. The largest absolute Gasteiger partial charge is 0.454 e. The second-order valence-electron chi connectivity index (χ2n) is 5.46. The molecule has 2 aromatic carbocycles. The van der Waals surface area contributed by atoms with E-state index in [9.17, 15) is 4.79 Å². The second kappa shape index (κ2) is 6.89. The zero-order chi connectivity index (χ0) is 17.9. The summed E-state index contributed by atoms with van der Waals surface area (Å²) in [4.78, 5) is 12.3. The third-order valence-electron chi connectivity index (χ3n) is 3.66. The fourth-order valence-corrected chi connectivity index (χ4v) is 2.50. The summed E-state index contributed by atoms with van der Waals surface area (Å²) in [6.07, 6.45) is 0. The van der Waals surface area contributed by atoms with Crippen LogP contribution in [0.15, 0.2) is 54.6 Å². The molecule has 0 saturated heterocycles.